The maximum Gasteiger partial charge on any atom is 0.258 e. The molecule has 20 heavy (non-hydrogen) atoms. The topological polar surface area (TPSA) is 67.4 Å². The monoisotopic (exact) mass is 278 g/mol. The minimum absolute atomic E-state index is 0.103. The Labute approximate surface area is 119 Å². The second kappa shape index (κ2) is 8.19. The molecule has 0 aliphatic heterocycles. The molecule has 0 radical (unpaired) electrons. The van der Waals surface area contributed by atoms with E-state index in [9.17, 15) is 9.59 Å². The first-order valence-electron chi connectivity index (χ1n) is 6.79. The number of carbonyl (C=O) groups excluding carboxylic acids is 2. The lowest BCUT2D eigenvalue weighted by Gasteiger charge is -2.14. The van der Waals surface area contributed by atoms with Crippen LogP contribution in [-0.2, 0) is 9.59 Å². The van der Waals surface area contributed by atoms with Crippen molar-refractivity contribution in [3.8, 4) is 5.75 Å². The summed E-state index contributed by atoms with van der Waals surface area (Å²) >= 11 is 0. The van der Waals surface area contributed by atoms with Crippen LogP contribution in [0.5, 0.6) is 5.75 Å². The predicted octanol–water partition coefficient (Wildman–Crippen LogP) is 1.40. The normalized spacial score (nSPS) is 11.6. The van der Waals surface area contributed by atoms with Crippen molar-refractivity contribution in [2.45, 2.75) is 33.2 Å². The van der Waals surface area contributed by atoms with Crippen molar-refractivity contribution in [1.82, 2.24) is 10.6 Å². The van der Waals surface area contributed by atoms with Gasteiger partial charge in [-0.15, -0.1) is 0 Å². The fourth-order valence-corrected chi connectivity index (χ4v) is 1.53. The molecule has 0 saturated heterocycles. The predicted molar refractivity (Wildman–Crippen MR) is 77.6 cm³/mol. The Morgan fingerprint density at radius 3 is 2.50 bits per heavy atom. The minimum atomic E-state index is -0.560. The van der Waals surface area contributed by atoms with Gasteiger partial charge in [-0.05, 0) is 32.4 Å². The van der Waals surface area contributed by atoms with Gasteiger partial charge >= 0.3 is 0 Å². The Balaban J connectivity index is 2.32. The molecule has 5 nitrogen and oxygen atoms in total. The van der Waals surface area contributed by atoms with Crippen LogP contribution in [0, 0.1) is 6.92 Å². The first-order chi connectivity index (χ1) is 9.52. The number of hydrogen-bond donors (Lipinski definition) is 2. The first kappa shape index (κ1) is 16.0. The highest BCUT2D eigenvalue weighted by Crippen LogP contribution is 2.10. The molecule has 5 heteroatoms. The van der Waals surface area contributed by atoms with Crippen LogP contribution < -0.4 is 15.4 Å². The van der Waals surface area contributed by atoms with Crippen LogP contribution in [0.25, 0.3) is 0 Å². The summed E-state index contributed by atoms with van der Waals surface area (Å²) in [5.41, 5.74) is 1.13. The fourth-order valence-electron chi connectivity index (χ4n) is 1.53. The van der Waals surface area contributed by atoms with Gasteiger partial charge in [-0.25, -0.2) is 0 Å². The van der Waals surface area contributed by atoms with Crippen LogP contribution in [0.15, 0.2) is 24.3 Å². The van der Waals surface area contributed by atoms with Crippen molar-refractivity contribution < 1.29 is 14.3 Å². The van der Waals surface area contributed by atoms with E-state index in [1.807, 2.05) is 26.0 Å². The van der Waals surface area contributed by atoms with E-state index in [1.165, 1.54) is 0 Å². The molecule has 1 aromatic rings. The van der Waals surface area contributed by atoms with Gasteiger partial charge in [-0.3, -0.25) is 9.59 Å². The number of rotatable bonds is 7. The number of benzene rings is 1. The fraction of sp³-hybridized carbons (Fsp3) is 0.467. The smallest absolute Gasteiger partial charge is 0.258 e. The van der Waals surface area contributed by atoms with Crippen LogP contribution in [-0.4, -0.2) is 31.0 Å². The molecule has 0 bridgehead atoms. The Kier molecular flexibility index (Phi) is 6.56. The van der Waals surface area contributed by atoms with Crippen LogP contribution in [0.4, 0.5) is 0 Å². The van der Waals surface area contributed by atoms with E-state index < -0.39 is 6.04 Å². The second-order valence-corrected chi connectivity index (χ2v) is 4.68. The molecular weight excluding hydrogens is 256 g/mol. The molecule has 0 heterocycles. The zero-order valence-corrected chi connectivity index (χ0v) is 12.2. The summed E-state index contributed by atoms with van der Waals surface area (Å²) in [4.78, 5) is 23.2. The molecule has 0 aliphatic carbocycles. The Morgan fingerprint density at radius 2 is 1.90 bits per heavy atom. The maximum atomic E-state index is 11.7. The van der Waals surface area contributed by atoms with E-state index in [-0.39, 0.29) is 18.4 Å². The summed E-state index contributed by atoms with van der Waals surface area (Å²) < 4.78 is 5.34. The van der Waals surface area contributed by atoms with E-state index in [0.717, 1.165) is 12.0 Å². The zero-order chi connectivity index (χ0) is 15.0. The number of aryl methyl sites for hydroxylation is 1. The number of ether oxygens (including phenoxy) is 1. The molecule has 0 aromatic heterocycles. The average Bonchev–Trinajstić information content (AvgIpc) is 2.44. The summed E-state index contributed by atoms with van der Waals surface area (Å²) in [7, 11) is 0. The summed E-state index contributed by atoms with van der Waals surface area (Å²) in [6.07, 6.45) is 0.864. The van der Waals surface area contributed by atoms with Gasteiger partial charge in [0.05, 0.1) is 0 Å². The van der Waals surface area contributed by atoms with Gasteiger partial charge in [0.2, 0.25) is 5.91 Å². The number of nitrogens with one attached hydrogen (secondary N) is 2. The van der Waals surface area contributed by atoms with E-state index in [4.69, 9.17) is 4.74 Å². The summed E-state index contributed by atoms with van der Waals surface area (Å²) in [6.45, 7) is 6.11. The molecule has 1 aromatic carbocycles. The Hall–Kier alpha value is -2.04. The van der Waals surface area contributed by atoms with E-state index >= 15 is 0 Å². The Morgan fingerprint density at radius 1 is 1.25 bits per heavy atom. The lowest BCUT2D eigenvalue weighted by Crippen LogP contribution is -2.46. The van der Waals surface area contributed by atoms with Crippen LogP contribution >= 0.6 is 0 Å². The summed E-state index contributed by atoms with van der Waals surface area (Å²) in [5.74, 6) is 0.133. The third kappa shape index (κ3) is 5.73. The highest BCUT2D eigenvalue weighted by molar-refractivity contribution is 5.87. The number of hydrogen-bond acceptors (Lipinski definition) is 3. The van der Waals surface area contributed by atoms with Gasteiger partial charge in [0.1, 0.15) is 11.8 Å². The molecule has 0 saturated carbocycles. The molecule has 1 atom stereocenters. The van der Waals surface area contributed by atoms with Crippen molar-refractivity contribution in [2.24, 2.45) is 0 Å². The standard InChI is InChI=1S/C15H22N2O3/c1-4-9-16-15(19)12(3)17-14(18)10-20-13-7-5-11(2)6-8-13/h5-8,12H,4,9-10H2,1-3H3,(H,16,19)(H,17,18). The average molecular weight is 278 g/mol. The molecule has 2 amide bonds. The zero-order valence-electron chi connectivity index (χ0n) is 12.2. The van der Waals surface area contributed by atoms with E-state index in [0.29, 0.717) is 12.3 Å². The van der Waals surface area contributed by atoms with Crippen LogP contribution in [0.2, 0.25) is 0 Å². The summed E-state index contributed by atoms with van der Waals surface area (Å²) in [5, 5.41) is 5.32. The van der Waals surface area contributed by atoms with Gasteiger partial charge in [0.25, 0.3) is 5.91 Å². The van der Waals surface area contributed by atoms with E-state index in [2.05, 4.69) is 10.6 Å². The quantitative estimate of drug-likeness (QED) is 0.792. The summed E-state index contributed by atoms with van der Waals surface area (Å²) in [6, 6.07) is 6.87. The highest BCUT2D eigenvalue weighted by atomic mass is 16.5. The molecular formula is C15H22N2O3. The Bertz CT molecular complexity index is 443. The highest BCUT2D eigenvalue weighted by Gasteiger charge is 2.14. The lowest BCUT2D eigenvalue weighted by atomic mass is 10.2. The van der Waals surface area contributed by atoms with Crippen molar-refractivity contribution in [3.63, 3.8) is 0 Å². The van der Waals surface area contributed by atoms with Gasteiger partial charge in [-0.1, -0.05) is 24.6 Å². The molecule has 1 unspecified atom stereocenters. The minimum Gasteiger partial charge on any atom is -0.484 e. The van der Waals surface area contributed by atoms with Gasteiger partial charge in [-0.2, -0.15) is 0 Å². The second-order valence-electron chi connectivity index (χ2n) is 4.68. The molecule has 2 N–H and O–H groups in total. The van der Waals surface area contributed by atoms with Crippen LogP contribution in [0.1, 0.15) is 25.8 Å². The third-order valence-electron chi connectivity index (χ3n) is 2.71. The van der Waals surface area contributed by atoms with Crippen molar-refractivity contribution in [2.75, 3.05) is 13.2 Å². The molecule has 1 rings (SSSR count). The van der Waals surface area contributed by atoms with Gasteiger partial charge < -0.3 is 15.4 Å². The molecule has 0 aliphatic rings. The van der Waals surface area contributed by atoms with Gasteiger partial charge in [0, 0.05) is 6.54 Å². The van der Waals surface area contributed by atoms with Crippen LogP contribution in [0.3, 0.4) is 0 Å². The van der Waals surface area contributed by atoms with E-state index in [1.54, 1.807) is 19.1 Å². The lowest BCUT2D eigenvalue weighted by molar-refractivity contribution is -0.129. The largest absolute Gasteiger partial charge is 0.484 e. The van der Waals surface area contributed by atoms with Crippen molar-refractivity contribution in [3.05, 3.63) is 29.8 Å². The van der Waals surface area contributed by atoms with Crippen molar-refractivity contribution in [1.29, 1.82) is 0 Å². The van der Waals surface area contributed by atoms with Crippen molar-refractivity contribution >= 4 is 11.8 Å². The number of carbonyl (C=O) groups is 2. The molecule has 0 fully saturated rings. The third-order valence-corrected chi connectivity index (χ3v) is 2.71. The first-order valence-corrected chi connectivity index (χ1v) is 6.79. The molecule has 110 valence electrons. The maximum absolute atomic E-state index is 11.7. The number of amides is 2. The van der Waals surface area contributed by atoms with Gasteiger partial charge in [0.15, 0.2) is 6.61 Å². The SMILES string of the molecule is CCCNC(=O)C(C)NC(=O)COc1ccc(C)cc1. The molecule has 0 spiro atoms.